The van der Waals surface area contributed by atoms with Gasteiger partial charge in [-0.3, -0.25) is 24.2 Å². The van der Waals surface area contributed by atoms with Crippen LogP contribution in [-0.2, 0) is 17.8 Å². The summed E-state index contributed by atoms with van der Waals surface area (Å²) in [6.07, 6.45) is 12.3. The largest absolute Gasteiger partial charge is 0.327 e. The average Bonchev–Trinajstić information content (AvgIpc) is 3.62. The lowest BCUT2D eigenvalue weighted by atomic mass is 9.84. The minimum absolute atomic E-state index is 0. The van der Waals surface area contributed by atoms with Gasteiger partial charge in [0.25, 0.3) is 5.91 Å². The van der Waals surface area contributed by atoms with Crippen LogP contribution in [0.25, 0.3) is 11.6 Å². The number of hydrogen-bond acceptors (Lipinski definition) is 6. The summed E-state index contributed by atoms with van der Waals surface area (Å²) in [5, 5.41) is 9.97. The van der Waals surface area contributed by atoms with Gasteiger partial charge < -0.3 is 15.5 Å². The molecular formula is C31H43N7O2. The fourth-order valence-corrected chi connectivity index (χ4v) is 5.92. The molecule has 0 spiro atoms. The van der Waals surface area contributed by atoms with E-state index in [1.54, 1.807) is 25.4 Å². The molecule has 2 amide bonds. The van der Waals surface area contributed by atoms with Gasteiger partial charge in [-0.15, -0.1) is 0 Å². The molecule has 1 atom stereocenters. The maximum atomic E-state index is 13.0. The highest BCUT2D eigenvalue weighted by atomic mass is 16.1. The van der Waals surface area contributed by atoms with E-state index in [0.717, 1.165) is 37.1 Å². The Kier molecular flexibility index (Phi) is 7.85. The number of anilines is 2. The molecule has 0 saturated carbocycles. The number of allylic oxidation sites excluding steroid dienone is 1. The van der Waals surface area contributed by atoms with Crippen LogP contribution >= 0.6 is 0 Å². The van der Waals surface area contributed by atoms with Crippen molar-refractivity contribution in [3.63, 3.8) is 0 Å². The second kappa shape index (κ2) is 11.3. The summed E-state index contributed by atoms with van der Waals surface area (Å²) < 4.78 is 2.10. The predicted molar refractivity (Wildman–Crippen MR) is 162 cm³/mol. The van der Waals surface area contributed by atoms with E-state index in [1.165, 1.54) is 36.3 Å². The van der Waals surface area contributed by atoms with Gasteiger partial charge in [-0.2, -0.15) is 5.10 Å². The fourth-order valence-electron chi connectivity index (χ4n) is 5.92. The number of rotatable bonds is 5. The van der Waals surface area contributed by atoms with Crippen LogP contribution in [0.3, 0.4) is 0 Å². The maximum Gasteiger partial charge on any atom is 0.257 e. The van der Waals surface area contributed by atoms with Crippen molar-refractivity contribution in [3.8, 4) is 0 Å². The molecule has 1 saturated heterocycles. The second-order valence-corrected chi connectivity index (χ2v) is 12.0. The van der Waals surface area contributed by atoms with Crippen LogP contribution in [0.2, 0.25) is 0 Å². The molecule has 1 aliphatic carbocycles. The Labute approximate surface area is 239 Å². The van der Waals surface area contributed by atoms with Gasteiger partial charge >= 0.3 is 0 Å². The molecule has 0 bridgehead atoms. The molecule has 1 unspecified atom stereocenters. The Morgan fingerprint density at radius 2 is 2.00 bits per heavy atom. The lowest BCUT2D eigenvalue weighted by Gasteiger charge is -2.22. The van der Waals surface area contributed by atoms with Crippen molar-refractivity contribution in [2.24, 2.45) is 5.41 Å². The number of likely N-dealkylation sites (tertiary alicyclic amines) is 1. The molecule has 2 aliphatic heterocycles. The Morgan fingerprint density at radius 3 is 2.70 bits per heavy atom. The maximum absolute atomic E-state index is 13.0. The van der Waals surface area contributed by atoms with Crippen molar-refractivity contribution in [2.45, 2.75) is 65.8 Å². The fraction of sp³-hybridized carbons (Fsp3) is 0.452. The summed E-state index contributed by atoms with van der Waals surface area (Å²) in [6, 6.07) is 3.58. The highest BCUT2D eigenvalue weighted by molar-refractivity contribution is 6.05. The SMILES string of the molecule is CN1CCC(C)(C)C1.Cc1ncc(NC=O)cc1NC(=O)c1cnc2c(c1)C=C(c1cnn3c1CCC3)CC2C.[HH].[HH]. The molecule has 3 aromatic rings. The average molecular weight is 546 g/mol. The van der Waals surface area contributed by atoms with Crippen LogP contribution in [0.15, 0.2) is 30.7 Å². The number of carbonyl (C=O) groups excluding carboxylic acids is 2. The van der Waals surface area contributed by atoms with E-state index < -0.39 is 0 Å². The molecule has 40 heavy (non-hydrogen) atoms. The van der Waals surface area contributed by atoms with Crippen LogP contribution in [0.1, 0.15) is 87.4 Å². The van der Waals surface area contributed by atoms with E-state index in [4.69, 9.17) is 0 Å². The summed E-state index contributed by atoms with van der Waals surface area (Å²) in [4.78, 5) is 34.9. The van der Waals surface area contributed by atoms with Crippen LogP contribution in [0.5, 0.6) is 0 Å². The summed E-state index contributed by atoms with van der Waals surface area (Å²) in [6.45, 7) is 12.2. The first-order valence-corrected chi connectivity index (χ1v) is 14.1. The predicted octanol–water partition coefficient (Wildman–Crippen LogP) is 5.64. The minimum Gasteiger partial charge on any atom is -0.327 e. The Morgan fingerprint density at radius 1 is 1.18 bits per heavy atom. The molecule has 0 radical (unpaired) electrons. The van der Waals surface area contributed by atoms with E-state index in [2.05, 4.69) is 69.2 Å². The third kappa shape index (κ3) is 5.99. The molecule has 214 valence electrons. The number of pyridine rings is 2. The van der Waals surface area contributed by atoms with Crippen LogP contribution in [0, 0.1) is 12.3 Å². The van der Waals surface area contributed by atoms with E-state index in [1.807, 2.05) is 12.3 Å². The Hall–Kier alpha value is -3.85. The monoisotopic (exact) mass is 545 g/mol. The van der Waals surface area contributed by atoms with Crippen molar-refractivity contribution < 1.29 is 12.4 Å². The zero-order chi connectivity index (χ0) is 28.4. The third-order valence-corrected chi connectivity index (χ3v) is 8.04. The normalized spacial score (nSPS) is 19.1. The smallest absolute Gasteiger partial charge is 0.257 e. The first kappa shape index (κ1) is 27.7. The Bertz CT molecular complexity index is 1470. The van der Waals surface area contributed by atoms with Crippen LogP contribution in [-0.4, -0.2) is 57.1 Å². The molecule has 2 N–H and O–H groups in total. The molecule has 3 aromatic heterocycles. The van der Waals surface area contributed by atoms with Gasteiger partial charge in [-0.25, -0.2) is 0 Å². The number of nitrogens with one attached hydrogen (secondary N) is 2. The van der Waals surface area contributed by atoms with Gasteiger partial charge in [0.2, 0.25) is 6.41 Å². The van der Waals surface area contributed by atoms with Gasteiger partial charge in [0.05, 0.1) is 40.7 Å². The number of aryl methyl sites for hydroxylation is 2. The van der Waals surface area contributed by atoms with E-state index in [9.17, 15) is 9.59 Å². The van der Waals surface area contributed by atoms with Crippen LogP contribution < -0.4 is 10.6 Å². The summed E-state index contributed by atoms with van der Waals surface area (Å²) in [5.74, 6) is -0.00957. The van der Waals surface area contributed by atoms with E-state index in [0.29, 0.717) is 34.5 Å². The molecule has 9 heteroatoms. The summed E-state index contributed by atoms with van der Waals surface area (Å²) in [5.41, 5.74) is 8.53. The number of amides is 2. The second-order valence-electron chi connectivity index (χ2n) is 12.0. The third-order valence-electron chi connectivity index (χ3n) is 8.04. The number of nitrogens with zero attached hydrogens (tertiary/aromatic N) is 5. The van der Waals surface area contributed by atoms with Crippen molar-refractivity contribution in [1.82, 2.24) is 24.6 Å². The topological polar surface area (TPSA) is 105 Å². The van der Waals surface area contributed by atoms with Gasteiger partial charge in [0, 0.05) is 39.3 Å². The lowest BCUT2D eigenvalue weighted by Crippen LogP contribution is -2.18. The number of aromatic nitrogens is 4. The van der Waals surface area contributed by atoms with Gasteiger partial charge in [-0.1, -0.05) is 20.8 Å². The zero-order valence-corrected chi connectivity index (χ0v) is 24.1. The van der Waals surface area contributed by atoms with Gasteiger partial charge in [0.1, 0.15) is 0 Å². The number of carbonyl (C=O) groups is 2. The van der Waals surface area contributed by atoms with Crippen molar-refractivity contribution >= 4 is 35.3 Å². The highest BCUT2D eigenvalue weighted by Crippen LogP contribution is 2.39. The van der Waals surface area contributed by atoms with E-state index in [-0.39, 0.29) is 14.7 Å². The van der Waals surface area contributed by atoms with Crippen molar-refractivity contribution in [3.05, 3.63) is 64.5 Å². The molecule has 9 nitrogen and oxygen atoms in total. The molecule has 5 heterocycles. The first-order valence-electron chi connectivity index (χ1n) is 14.1. The Balaban J connectivity index is 0.000000422. The molecule has 1 fully saturated rings. The van der Waals surface area contributed by atoms with Crippen molar-refractivity contribution in [1.29, 1.82) is 0 Å². The number of fused-ring (bicyclic) bond motifs is 2. The summed E-state index contributed by atoms with van der Waals surface area (Å²) >= 11 is 0. The first-order chi connectivity index (χ1) is 19.1. The highest BCUT2D eigenvalue weighted by Gasteiger charge is 2.27. The lowest BCUT2D eigenvalue weighted by molar-refractivity contribution is -0.105. The van der Waals surface area contributed by atoms with Gasteiger partial charge in [-0.05, 0) is 81.0 Å². The number of hydrogen-bond donors (Lipinski definition) is 2. The molecule has 6 rings (SSSR count). The standard InChI is InChI=1S/C24H24N6O2.C7H15N.2H2/c1-14-6-16(20-12-28-30-5-3-4-22(20)30)7-17-8-18(10-26-23(14)17)24(32)29-21-9-19(27-13-31)11-25-15(21)2;1-7(2)4-5-8(3)6-7;;/h7-14H,3-6H2,1-2H3,(H,27,31)(H,29,32);4-6H2,1-3H3;2*1H. The molecular weight excluding hydrogens is 502 g/mol. The summed E-state index contributed by atoms with van der Waals surface area (Å²) in [7, 11) is 2.19. The minimum atomic E-state index is -0.270. The zero-order valence-electron chi connectivity index (χ0n) is 24.1. The quantitative estimate of drug-likeness (QED) is 0.402. The van der Waals surface area contributed by atoms with Gasteiger partial charge in [0.15, 0.2) is 0 Å². The molecule has 3 aliphatic rings. The van der Waals surface area contributed by atoms with Crippen LogP contribution in [0.4, 0.5) is 11.4 Å². The molecule has 0 aromatic carbocycles. The van der Waals surface area contributed by atoms with Crippen molar-refractivity contribution in [2.75, 3.05) is 30.8 Å². The van der Waals surface area contributed by atoms with E-state index >= 15 is 0 Å².